The number of carboxylic acids is 1. The van der Waals surface area contributed by atoms with E-state index in [9.17, 15) is 19.2 Å². The Morgan fingerprint density at radius 3 is 2.50 bits per heavy atom. The largest absolute Gasteiger partial charge is 0.481 e. The number of likely N-dealkylation sites (N-methyl/N-ethyl adjacent to an activating group) is 1. The van der Waals surface area contributed by atoms with Crippen molar-refractivity contribution >= 4 is 23.8 Å². The molecule has 8 nitrogen and oxygen atoms in total. The van der Waals surface area contributed by atoms with Crippen LogP contribution in [0.15, 0.2) is 0 Å². The first-order valence-corrected chi connectivity index (χ1v) is 6.49. The minimum Gasteiger partial charge on any atom is -0.481 e. The molecule has 0 radical (unpaired) electrons. The second-order valence-electron chi connectivity index (χ2n) is 5.07. The van der Waals surface area contributed by atoms with Crippen molar-refractivity contribution in [3.63, 3.8) is 0 Å². The lowest BCUT2D eigenvalue weighted by Crippen LogP contribution is -2.48. The quantitative estimate of drug-likeness (QED) is 0.655. The zero-order chi connectivity index (χ0) is 14.9. The first kappa shape index (κ1) is 14.3. The summed E-state index contributed by atoms with van der Waals surface area (Å²) < 4.78 is 0. The van der Waals surface area contributed by atoms with Gasteiger partial charge in [-0.2, -0.15) is 0 Å². The van der Waals surface area contributed by atoms with Crippen molar-refractivity contribution in [1.29, 1.82) is 0 Å². The molecule has 1 saturated carbocycles. The van der Waals surface area contributed by atoms with Gasteiger partial charge in [-0.05, 0) is 12.8 Å². The molecule has 0 aromatic carbocycles. The van der Waals surface area contributed by atoms with E-state index in [1.54, 1.807) is 0 Å². The maximum atomic E-state index is 12.1. The number of urea groups is 1. The third-order valence-corrected chi connectivity index (χ3v) is 3.49. The fourth-order valence-corrected chi connectivity index (χ4v) is 2.15. The van der Waals surface area contributed by atoms with Crippen LogP contribution < -0.4 is 5.32 Å². The number of nitrogens with zero attached hydrogens (tertiary/aromatic N) is 2. The van der Waals surface area contributed by atoms with Gasteiger partial charge in [-0.15, -0.1) is 0 Å². The molecule has 0 bridgehead atoms. The van der Waals surface area contributed by atoms with Crippen LogP contribution in [0.4, 0.5) is 4.79 Å². The van der Waals surface area contributed by atoms with Gasteiger partial charge in [0.25, 0.3) is 5.91 Å². The molecular formula is C12H17N3O5. The van der Waals surface area contributed by atoms with Crippen LogP contribution >= 0.6 is 0 Å². The average molecular weight is 283 g/mol. The van der Waals surface area contributed by atoms with Gasteiger partial charge >= 0.3 is 12.0 Å². The van der Waals surface area contributed by atoms with E-state index in [-0.39, 0.29) is 31.3 Å². The molecule has 1 heterocycles. The van der Waals surface area contributed by atoms with Crippen molar-refractivity contribution in [2.45, 2.75) is 37.8 Å². The zero-order valence-electron chi connectivity index (χ0n) is 11.2. The third-order valence-electron chi connectivity index (χ3n) is 3.49. The van der Waals surface area contributed by atoms with E-state index in [0.29, 0.717) is 0 Å². The molecule has 1 atom stereocenters. The average Bonchev–Trinajstić information content (AvgIpc) is 3.16. The van der Waals surface area contributed by atoms with E-state index in [1.807, 2.05) is 0 Å². The Balaban J connectivity index is 1.93. The molecule has 2 aliphatic rings. The molecule has 0 aromatic heterocycles. The van der Waals surface area contributed by atoms with E-state index in [2.05, 4.69) is 5.32 Å². The molecule has 0 aromatic rings. The minimum atomic E-state index is -0.977. The highest BCUT2D eigenvalue weighted by Crippen LogP contribution is 2.27. The molecular weight excluding hydrogens is 266 g/mol. The number of nitrogens with one attached hydrogen (secondary N) is 1. The van der Waals surface area contributed by atoms with Crippen molar-refractivity contribution < 1.29 is 24.3 Å². The van der Waals surface area contributed by atoms with Crippen LogP contribution in [0.5, 0.6) is 0 Å². The summed E-state index contributed by atoms with van der Waals surface area (Å²) in [7, 11) is 1.37. The highest BCUT2D eigenvalue weighted by atomic mass is 16.4. The topological polar surface area (TPSA) is 107 Å². The number of aliphatic carboxylic acids is 1. The van der Waals surface area contributed by atoms with Gasteiger partial charge in [-0.1, -0.05) is 0 Å². The second kappa shape index (κ2) is 5.48. The summed E-state index contributed by atoms with van der Waals surface area (Å²) in [5, 5.41) is 11.2. The monoisotopic (exact) mass is 283 g/mol. The van der Waals surface area contributed by atoms with Gasteiger partial charge in [-0.3, -0.25) is 19.3 Å². The first-order valence-electron chi connectivity index (χ1n) is 6.49. The lowest BCUT2D eigenvalue weighted by molar-refractivity contribution is -0.138. The van der Waals surface area contributed by atoms with Crippen LogP contribution in [0, 0.1) is 0 Å². The van der Waals surface area contributed by atoms with Gasteiger partial charge in [-0.25, -0.2) is 4.79 Å². The number of imide groups is 1. The highest BCUT2D eigenvalue weighted by Gasteiger charge is 2.39. The third kappa shape index (κ3) is 3.06. The first-order chi connectivity index (χ1) is 9.40. The molecule has 2 rings (SSSR count). The normalized spacial score (nSPS) is 22.1. The van der Waals surface area contributed by atoms with Crippen LogP contribution in [0.2, 0.25) is 0 Å². The zero-order valence-corrected chi connectivity index (χ0v) is 11.2. The molecule has 1 aliphatic heterocycles. The van der Waals surface area contributed by atoms with E-state index < -0.39 is 23.9 Å². The van der Waals surface area contributed by atoms with Crippen LogP contribution in [0.1, 0.15) is 25.7 Å². The number of rotatable bonds is 5. The van der Waals surface area contributed by atoms with Gasteiger partial charge in [0.1, 0.15) is 6.04 Å². The van der Waals surface area contributed by atoms with E-state index in [1.165, 1.54) is 11.9 Å². The van der Waals surface area contributed by atoms with Crippen molar-refractivity contribution in [2.24, 2.45) is 0 Å². The van der Waals surface area contributed by atoms with E-state index in [4.69, 9.17) is 5.11 Å². The predicted octanol–water partition coefficient (Wildman–Crippen LogP) is -0.608. The molecule has 0 spiro atoms. The molecule has 20 heavy (non-hydrogen) atoms. The Bertz CT molecular complexity index is 460. The smallest absolute Gasteiger partial charge is 0.318 e. The molecule has 8 heteroatoms. The standard InChI is InChI=1S/C12H17N3O5/c1-14-9(16)6-8(11(14)19)13-12(20)15(7-2-3-7)5-4-10(17)18/h7-8H,2-6H2,1H3,(H,13,20)(H,17,18). The number of amides is 4. The fraction of sp³-hybridized carbons (Fsp3) is 0.667. The number of carbonyl (C=O) groups is 4. The lowest BCUT2D eigenvalue weighted by Gasteiger charge is -2.23. The van der Waals surface area contributed by atoms with Crippen molar-refractivity contribution in [2.75, 3.05) is 13.6 Å². The number of hydrogen-bond acceptors (Lipinski definition) is 4. The number of carboxylic acid groups (broad SMARTS) is 1. The highest BCUT2D eigenvalue weighted by molar-refractivity contribution is 6.06. The molecule has 2 N–H and O–H groups in total. The van der Waals surface area contributed by atoms with Crippen molar-refractivity contribution in [1.82, 2.24) is 15.1 Å². The van der Waals surface area contributed by atoms with Crippen molar-refractivity contribution in [3.8, 4) is 0 Å². The Morgan fingerprint density at radius 1 is 1.40 bits per heavy atom. The minimum absolute atomic E-state index is 0.0410. The predicted molar refractivity (Wildman–Crippen MR) is 66.7 cm³/mol. The van der Waals surface area contributed by atoms with Gasteiger partial charge in [0.15, 0.2) is 0 Å². The van der Waals surface area contributed by atoms with Crippen LogP contribution in [-0.2, 0) is 14.4 Å². The maximum absolute atomic E-state index is 12.1. The van der Waals surface area contributed by atoms with Crippen molar-refractivity contribution in [3.05, 3.63) is 0 Å². The molecule has 1 saturated heterocycles. The van der Waals surface area contributed by atoms with Crippen LogP contribution in [0.3, 0.4) is 0 Å². The van der Waals surface area contributed by atoms with Gasteiger partial charge in [0.05, 0.1) is 12.8 Å². The maximum Gasteiger partial charge on any atom is 0.318 e. The van der Waals surface area contributed by atoms with Crippen LogP contribution in [-0.4, -0.2) is 64.4 Å². The van der Waals surface area contributed by atoms with Gasteiger partial charge in [0.2, 0.25) is 5.91 Å². The number of hydrogen-bond donors (Lipinski definition) is 2. The summed E-state index contributed by atoms with van der Waals surface area (Å²) in [6.07, 6.45) is 1.49. The Hall–Kier alpha value is -2.12. The number of likely N-dealkylation sites (tertiary alicyclic amines) is 1. The second-order valence-corrected chi connectivity index (χ2v) is 5.07. The van der Waals surface area contributed by atoms with E-state index >= 15 is 0 Å². The summed E-state index contributed by atoms with van der Waals surface area (Å²) in [4.78, 5) is 48.2. The summed E-state index contributed by atoms with van der Waals surface area (Å²) in [6, 6.07) is -1.28. The Kier molecular flexibility index (Phi) is 3.91. The SMILES string of the molecule is CN1C(=O)CC(NC(=O)N(CCC(=O)O)C2CC2)C1=O. The Labute approximate surface area is 115 Å². The van der Waals surface area contributed by atoms with E-state index in [0.717, 1.165) is 17.7 Å². The molecule has 110 valence electrons. The summed E-state index contributed by atoms with van der Waals surface area (Å²) in [5.74, 6) is -1.74. The van der Waals surface area contributed by atoms with Gasteiger partial charge in [0, 0.05) is 19.6 Å². The Morgan fingerprint density at radius 2 is 2.05 bits per heavy atom. The van der Waals surface area contributed by atoms with Crippen LogP contribution in [0.25, 0.3) is 0 Å². The number of carbonyl (C=O) groups excluding carboxylic acids is 3. The summed E-state index contributed by atoms with van der Waals surface area (Å²) in [5.41, 5.74) is 0. The molecule has 1 aliphatic carbocycles. The fourth-order valence-electron chi connectivity index (χ4n) is 2.15. The molecule has 1 unspecified atom stereocenters. The molecule has 4 amide bonds. The molecule has 2 fully saturated rings. The summed E-state index contributed by atoms with van der Waals surface area (Å²) in [6.45, 7) is 0.108. The lowest BCUT2D eigenvalue weighted by atomic mass is 10.2. The van der Waals surface area contributed by atoms with Gasteiger partial charge < -0.3 is 15.3 Å². The summed E-state index contributed by atoms with van der Waals surface area (Å²) >= 11 is 0.